The van der Waals surface area contributed by atoms with E-state index in [0.29, 0.717) is 25.7 Å². The van der Waals surface area contributed by atoms with Gasteiger partial charge in [-0.2, -0.15) is 0 Å². The highest BCUT2D eigenvalue weighted by Crippen LogP contribution is 2.15. The van der Waals surface area contributed by atoms with Crippen LogP contribution in [-0.2, 0) is 28.6 Å². The van der Waals surface area contributed by atoms with Gasteiger partial charge in [-0.05, 0) is 64.2 Å². The van der Waals surface area contributed by atoms with Gasteiger partial charge in [0.2, 0.25) is 0 Å². The van der Waals surface area contributed by atoms with Crippen molar-refractivity contribution in [3.05, 3.63) is 72.9 Å². The lowest BCUT2D eigenvalue weighted by Gasteiger charge is -2.31. The van der Waals surface area contributed by atoms with Crippen molar-refractivity contribution in [2.75, 3.05) is 41.0 Å². The number of carbonyl (C=O) groups excluding carboxylic acids is 2. The first-order chi connectivity index (χ1) is 29.6. The van der Waals surface area contributed by atoms with Gasteiger partial charge in [-0.3, -0.25) is 9.59 Å². The lowest BCUT2D eigenvalue weighted by molar-refractivity contribution is -0.887. The van der Waals surface area contributed by atoms with Crippen LogP contribution < -0.4 is 0 Å². The van der Waals surface area contributed by atoms with Crippen molar-refractivity contribution in [2.24, 2.45) is 0 Å². The van der Waals surface area contributed by atoms with E-state index in [1.54, 1.807) is 0 Å². The smallest absolute Gasteiger partial charge is 0.362 e. The number of unbranched alkanes of at least 4 members (excludes halogenated alkanes) is 17. The molecule has 0 rings (SSSR count). The van der Waals surface area contributed by atoms with E-state index in [2.05, 4.69) is 86.8 Å². The largest absolute Gasteiger partial charge is 0.477 e. The quantitative estimate of drug-likeness (QED) is 0.0282. The summed E-state index contributed by atoms with van der Waals surface area (Å²) in [4.78, 5) is 37.1. The van der Waals surface area contributed by atoms with Crippen LogP contribution >= 0.6 is 0 Å². The van der Waals surface area contributed by atoms with Gasteiger partial charge in [0.1, 0.15) is 6.61 Å². The molecule has 0 aromatic carbocycles. The van der Waals surface area contributed by atoms with Crippen LogP contribution in [0.15, 0.2) is 72.9 Å². The Labute approximate surface area is 374 Å². The third-order valence-corrected chi connectivity index (χ3v) is 10.6. The number of esters is 2. The average Bonchev–Trinajstić information content (AvgIpc) is 3.22. The van der Waals surface area contributed by atoms with Crippen LogP contribution in [-0.4, -0.2) is 80.6 Å². The number of hydrogen-bond donors (Lipinski definition) is 1. The van der Waals surface area contributed by atoms with E-state index in [1.165, 1.54) is 83.5 Å². The Balaban J connectivity index is 4.36. The van der Waals surface area contributed by atoms with Gasteiger partial charge in [0.25, 0.3) is 0 Å². The van der Waals surface area contributed by atoms with Gasteiger partial charge in [0.05, 0.1) is 34.4 Å². The molecule has 0 heterocycles. The number of ether oxygens (including phenoxy) is 3. The van der Waals surface area contributed by atoms with E-state index in [0.717, 1.165) is 70.6 Å². The molecule has 2 atom stereocenters. The number of allylic oxidation sites excluding steroid dienone is 12. The summed E-state index contributed by atoms with van der Waals surface area (Å²) in [6.07, 6.45) is 55.2. The normalized spacial score (nSPS) is 13.5. The highest BCUT2D eigenvalue weighted by atomic mass is 16.6. The molecule has 8 heteroatoms. The molecular formula is C53H92NO7+. The minimum Gasteiger partial charge on any atom is -0.477 e. The Hall–Kier alpha value is -3.23. The zero-order chi connectivity index (χ0) is 44.9. The third kappa shape index (κ3) is 41.9. The SMILES string of the molecule is CC/C=C/C/C=C/C/C=C/C/C=C/C/C=C/C/C=C/CCCCC(=O)OCC(COCCC(C(=O)O)[N+](C)(C)C)OC(=O)CCCCCCCCCCCCCCCCCC. The second kappa shape index (κ2) is 43.4. The van der Waals surface area contributed by atoms with Gasteiger partial charge in [0, 0.05) is 19.3 Å². The fourth-order valence-electron chi connectivity index (χ4n) is 6.86. The van der Waals surface area contributed by atoms with Crippen LogP contribution in [0, 0.1) is 0 Å². The highest BCUT2D eigenvalue weighted by molar-refractivity contribution is 5.72. The molecule has 0 fully saturated rings. The summed E-state index contributed by atoms with van der Waals surface area (Å²) in [6.45, 7) is 4.59. The molecule has 0 aromatic rings. The zero-order valence-electron chi connectivity index (χ0n) is 39.8. The number of likely N-dealkylation sites (N-methyl/N-ethyl adjacent to an activating group) is 1. The topological polar surface area (TPSA) is 99.1 Å². The maximum Gasteiger partial charge on any atom is 0.362 e. The fraction of sp³-hybridized carbons (Fsp3) is 0.717. The first kappa shape index (κ1) is 57.8. The number of carbonyl (C=O) groups is 3. The minimum absolute atomic E-state index is 0.0458. The molecule has 0 aliphatic rings. The van der Waals surface area contributed by atoms with Gasteiger partial charge in [-0.1, -0.05) is 183 Å². The van der Waals surface area contributed by atoms with E-state index < -0.39 is 18.1 Å². The molecule has 1 N–H and O–H groups in total. The molecule has 0 aliphatic heterocycles. The second-order valence-corrected chi connectivity index (χ2v) is 17.3. The molecule has 0 saturated carbocycles. The predicted molar refractivity (Wildman–Crippen MR) is 257 cm³/mol. The molecule has 0 spiro atoms. The van der Waals surface area contributed by atoms with Crippen molar-refractivity contribution in [2.45, 2.75) is 206 Å². The average molecular weight is 855 g/mol. The van der Waals surface area contributed by atoms with Crippen LogP contribution in [0.5, 0.6) is 0 Å². The monoisotopic (exact) mass is 855 g/mol. The summed E-state index contributed by atoms with van der Waals surface area (Å²) in [6, 6.07) is -0.623. The summed E-state index contributed by atoms with van der Waals surface area (Å²) in [5.74, 6) is -1.52. The van der Waals surface area contributed by atoms with E-state index >= 15 is 0 Å². The van der Waals surface area contributed by atoms with Crippen molar-refractivity contribution in [1.82, 2.24) is 0 Å². The fourth-order valence-corrected chi connectivity index (χ4v) is 6.86. The Morgan fingerprint density at radius 2 is 0.918 bits per heavy atom. The molecule has 61 heavy (non-hydrogen) atoms. The van der Waals surface area contributed by atoms with Crippen LogP contribution in [0.3, 0.4) is 0 Å². The van der Waals surface area contributed by atoms with Crippen LogP contribution in [0.1, 0.15) is 194 Å². The molecule has 8 nitrogen and oxygen atoms in total. The highest BCUT2D eigenvalue weighted by Gasteiger charge is 2.31. The van der Waals surface area contributed by atoms with E-state index in [1.807, 2.05) is 21.1 Å². The van der Waals surface area contributed by atoms with E-state index in [4.69, 9.17) is 14.2 Å². The Kier molecular flexibility index (Phi) is 41.1. The molecule has 350 valence electrons. The van der Waals surface area contributed by atoms with Crippen LogP contribution in [0.2, 0.25) is 0 Å². The van der Waals surface area contributed by atoms with Crippen molar-refractivity contribution >= 4 is 17.9 Å². The lowest BCUT2D eigenvalue weighted by Crippen LogP contribution is -2.50. The van der Waals surface area contributed by atoms with E-state index in [-0.39, 0.29) is 36.2 Å². The second-order valence-electron chi connectivity index (χ2n) is 17.3. The summed E-state index contributed by atoms with van der Waals surface area (Å²) in [5.41, 5.74) is 0. The summed E-state index contributed by atoms with van der Waals surface area (Å²) in [7, 11) is 5.52. The van der Waals surface area contributed by atoms with Crippen molar-refractivity contribution in [1.29, 1.82) is 0 Å². The third-order valence-electron chi connectivity index (χ3n) is 10.6. The number of carboxylic acids is 1. The van der Waals surface area contributed by atoms with Gasteiger partial charge < -0.3 is 23.8 Å². The Bertz CT molecular complexity index is 1230. The zero-order valence-corrected chi connectivity index (χ0v) is 39.8. The molecule has 0 bridgehead atoms. The number of carboxylic acid groups (broad SMARTS) is 1. The van der Waals surface area contributed by atoms with Gasteiger partial charge >= 0.3 is 17.9 Å². The summed E-state index contributed by atoms with van der Waals surface area (Å²) in [5, 5.41) is 9.64. The van der Waals surface area contributed by atoms with Crippen molar-refractivity contribution < 1.29 is 38.2 Å². The van der Waals surface area contributed by atoms with E-state index in [9.17, 15) is 19.5 Å². The van der Waals surface area contributed by atoms with Gasteiger partial charge in [-0.25, -0.2) is 4.79 Å². The van der Waals surface area contributed by atoms with Crippen LogP contribution in [0.4, 0.5) is 0 Å². The number of nitrogens with zero attached hydrogens (tertiary/aromatic N) is 1. The maximum absolute atomic E-state index is 12.8. The number of hydrogen-bond acceptors (Lipinski definition) is 6. The molecule has 0 aliphatic carbocycles. The standard InChI is InChI=1S/C53H91NO7/c1-6-8-10-12-14-16-18-20-22-24-25-26-27-28-30-31-33-35-37-39-41-43-51(55)60-48-49(47-59-46-45-50(53(57)58)54(3,4)5)61-52(56)44-42-40-38-36-34-32-29-23-21-19-17-15-13-11-9-7-2/h8,10,14,16,20,22,25-26,28,30,33,35,49-50H,6-7,9,11-13,15,17-19,21,23-24,27,29,31-32,34,36-48H2,1-5H3/p+1/b10-8+,16-14+,22-20+,26-25+,30-28+,35-33+. The first-order valence-corrected chi connectivity index (χ1v) is 24.5. The summed E-state index contributed by atoms with van der Waals surface area (Å²) < 4.78 is 17.3. The van der Waals surface area contributed by atoms with Gasteiger partial charge in [-0.15, -0.1) is 0 Å². The minimum atomic E-state index is -0.882. The first-order valence-electron chi connectivity index (χ1n) is 24.5. The number of aliphatic carboxylic acids is 1. The molecule has 0 saturated heterocycles. The molecular weight excluding hydrogens is 763 g/mol. The molecule has 0 aromatic heterocycles. The molecule has 0 amide bonds. The number of quaternary nitrogens is 1. The number of rotatable bonds is 43. The Morgan fingerprint density at radius 1 is 0.508 bits per heavy atom. The van der Waals surface area contributed by atoms with Crippen molar-refractivity contribution in [3.63, 3.8) is 0 Å². The predicted octanol–water partition coefficient (Wildman–Crippen LogP) is 13.9. The molecule has 2 unspecified atom stereocenters. The molecule has 0 radical (unpaired) electrons. The summed E-state index contributed by atoms with van der Waals surface area (Å²) >= 11 is 0. The lowest BCUT2D eigenvalue weighted by atomic mass is 10.0. The van der Waals surface area contributed by atoms with Gasteiger partial charge in [0.15, 0.2) is 12.1 Å². The van der Waals surface area contributed by atoms with Crippen molar-refractivity contribution in [3.8, 4) is 0 Å². The maximum atomic E-state index is 12.8. The Morgan fingerprint density at radius 3 is 1.36 bits per heavy atom. The van der Waals surface area contributed by atoms with Crippen LogP contribution in [0.25, 0.3) is 0 Å².